The van der Waals surface area contributed by atoms with E-state index in [1.54, 1.807) is 0 Å². The number of carbonyl (C=O) groups is 2. The molecule has 0 radical (unpaired) electrons. The maximum Gasteiger partial charge on any atom is 0.306 e. The molecule has 1 aromatic carbocycles. The zero-order chi connectivity index (χ0) is 14.2. The molecule has 1 aliphatic heterocycles. The Morgan fingerprint density at radius 2 is 1.70 bits per heavy atom. The van der Waals surface area contributed by atoms with Crippen LogP contribution in [0.25, 0.3) is 0 Å². The van der Waals surface area contributed by atoms with E-state index in [1.807, 2.05) is 42.5 Å². The number of benzene rings is 1. The fourth-order valence-corrected chi connectivity index (χ4v) is 2.07. The molecular formula is C16H19NO3. The number of ether oxygens (including phenoxy) is 1. The van der Waals surface area contributed by atoms with Gasteiger partial charge in [-0.3, -0.25) is 9.59 Å². The lowest BCUT2D eigenvalue weighted by Crippen LogP contribution is -2.32. The number of amides is 1. The van der Waals surface area contributed by atoms with Gasteiger partial charge in [0.25, 0.3) is 0 Å². The van der Waals surface area contributed by atoms with Crippen LogP contribution in [0.3, 0.4) is 0 Å². The number of rotatable bonds is 1. The molecule has 1 aliphatic rings. The Balaban J connectivity index is 2.09. The molecule has 106 valence electrons. The average Bonchev–Trinajstić information content (AvgIpc) is 2.46. The first-order valence-electron chi connectivity index (χ1n) is 6.90. The highest BCUT2D eigenvalue weighted by molar-refractivity contribution is 5.76. The Morgan fingerprint density at radius 3 is 2.45 bits per heavy atom. The highest BCUT2D eigenvalue weighted by atomic mass is 16.5. The lowest BCUT2D eigenvalue weighted by molar-refractivity contribution is -0.145. The number of hydrogen-bond acceptors (Lipinski definition) is 3. The van der Waals surface area contributed by atoms with Crippen LogP contribution in [0, 0.1) is 0 Å². The van der Waals surface area contributed by atoms with Gasteiger partial charge in [-0.25, -0.2) is 0 Å². The number of esters is 1. The normalized spacial score (nSPS) is 22.9. The molecule has 20 heavy (non-hydrogen) atoms. The van der Waals surface area contributed by atoms with Crippen molar-refractivity contribution in [2.45, 2.75) is 31.7 Å². The largest absolute Gasteiger partial charge is 0.463 e. The second-order valence-corrected chi connectivity index (χ2v) is 4.76. The van der Waals surface area contributed by atoms with Gasteiger partial charge in [0, 0.05) is 12.8 Å². The predicted molar refractivity (Wildman–Crippen MR) is 75.9 cm³/mol. The summed E-state index contributed by atoms with van der Waals surface area (Å²) in [5, 5.41) is 2.92. The van der Waals surface area contributed by atoms with Gasteiger partial charge in [-0.05, 0) is 18.4 Å². The van der Waals surface area contributed by atoms with E-state index in [4.69, 9.17) is 4.74 Å². The number of allylic oxidation sites excluding steroid dienone is 2. The molecule has 0 spiro atoms. The molecule has 0 bridgehead atoms. The van der Waals surface area contributed by atoms with Crippen LogP contribution in [-0.2, 0) is 14.3 Å². The van der Waals surface area contributed by atoms with E-state index in [-0.39, 0.29) is 24.5 Å². The minimum atomic E-state index is -0.281. The Labute approximate surface area is 118 Å². The molecule has 0 aliphatic carbocycles. The molecule has 1 aromatic rings. The van der Waals surface area contributed by atoms with Crippen molar-refractivity contribution in [3.05, 3.63) is 48.0 Å². The fourth-order valence-electron chi connectivity index (χ4n) is 2.07. The van der Waals surface area contributed by atoms with Crippen LogP contribution in [0.15, 0.2) is 42.5 Å². The highest BCUT2D eigenvalue weighted by Crippen LogP contribution is 2.14. The number of nitrogens with one attached hydrogen (secondary N) is 1. The van der Waals surface area contributed by atoms with E-state index in [0.717, 1.165) is 5.56 Å². The molecular weight excluding hydrogens is 254 g/mol. The number of hydrogen-bond donors (Lipinski definition) is 1. The van der Waals surface area contributed by atoms with E-state index < -0.39 is 0 Å². The molecule has 4 heteroatoms. The molecule has 0 aromatic heterocycles. The molecule has 2 rings (SSSR count). The summed E-state index contributed by atoms with van der Waals surface area (Å²) < 4.78 is 5.24. The molecule has 0 fully saturated rings. The summed E-state index contributed by atoms with van der Waals surface area (Å²) in [5.41, 5.74) is 0.946. The Bertz CT molecular complexity index is 482. The van der Waals surface area contributed by atoms with Crippen LogP contribution in [0.1, 0.15) is 37.3 Å². The summed E-state index contributed by atoms with van der Waals surface area (Å²) in [6.07, 6.45) is 6.05. The first-order chi connectivity index (χ1) is 9.75. The van der Waals surface area contributed by atoms with Crippen LogP contribution in [0.5, 0.6) is 0 Å². The van der Waals surface area contributed by atoms with Gasteiger partial charge in [-0.1, -0.05) is 42.5 Å². The van der Waals surface area contributed by atoms with Crippen LogP contribution in [0.4, 0.5) is 0 Å². The van der Waals surface area contributed by atoms with E-state index in [1.165, 1.54) is 0 Å². The summed E-state index contributed by atoms with van der Waals surface area (Å²) in [6, 6.07) is 9.29. The third-order valence-corrected chi connectivity index (χ3v) is 3.17. The molecule has 0 saturated carbocycles. The van der Waals surface area contributed by atoms with Crippen molar-refractivity contribution in [1.29, 1.82) is 0 Å². The fraction of sp³-hybridized carbons (Fsp3) is 0.375. The average molecular weight is 273 g/mol. The van der Waals surface area contributed by atoms with Gasteiger partial charge in [-0.2, -0.15) is 0 Å². The molecule has 1 unspecified atom stereocenters. The van der Waals surface area contributed by atoms with Crippen molar-refractivity contribution >= 4 is 11.9 Å². The molecule has 1 N–H and O–H groups in total. The van der Waals surface area contributed by atoms with Crippen LogP contribution in [-0.4, -0.2) is 18.5 Å². The lowest BCUT2D eigenvalue weighted by Gasteiger charge is -2.19. The van der Waals surface area contributed by atoms with Gasteiger partial charge in [0.15, 0.2) is 0 Å². The summed E-state index contributed by atoms with van der Waals surface area (Å²) in [4.78, 5) is 23.5. The Morgan fingerprint density at radius 1 is 1.00 bits per heavy atom. The minimum absolute atomic E-state index is 0.0277. The molecule has 0 saturated heterocycles. The Hall–Kier alpha value is -2.10. The van der Waals surface area contributed by atoms with Crippen molar-refractivity contribution in [2.75, 3.05) is 6.61 Å². The third kappa shape index (κ3) is 4.53. The van der Waals surface area contributed by atoms with E-state index in [0.29, 0.717) is 25.7 Å². The van der Waals surface area contributed by atoms with Gasteiger partial charge < -0.3 is 10.1 Å². The number of cyclic esters (lactones) is 1. The predicted octanol–water partition coefficient (Wildman–Crippen LogP) is 2.52. The zero-order valence-corrected chi connectivity index (χ0v) is 11.4. The minimum Gasteiger partial charge on any atom is -0.463 e. The second kappa shape index (κ2) is 7.48. The summed E-state index contributed by atoms with van der Waals surface area (Å²) in [5.74, 6) is -0.259. The van der Waals surface area contributed by atoms with Crippen molar-refractivity contribution < 1.29 is 14.3 Å². The Kier molecular flexibility index (Phi) is 5.35. The maximum atomic E-state index is 11.9. The highest BCUT2D eigenvalue weighted by Gasteiger charge is 2.16. The van der Waals surface area contributed by atoms with Crippen molar-refractivity contribution in [3.8, 4) is 0 Å². The van der Waals surface area contributed by atoms with E-state index in [2.05, 4.69) is 5.32 Å². The second-order valence-electron chi connectivity index (χ2n) is 4.76. The van der Waals surface area contributed by atoms with Gasteiger partial charge in [0.05, 0.1) is 6.04 Å². The monoisotopic (exact) mass is 273 g/mol. The van der Waals surface area contributed by atoms with Crippen LogP contribution in [0.2, 0.25) is 0 Å². The van der Waals surface area contributed by atoms with Gasteiger partial charge >= 0.3 is 5.97 Å². The first-order valence-corrected chi connectivity index (χ1v) is 6.90. The van der Waals surface area contributed by atoms with Crippen molar-refractivity contribution in [3.63, 3.8) is 0 Å². The van der Waals surface area contributed by atoms with Gasteiger partial charge in [-0.15, -0.1) is 0 Å². The molecule has 1 atom stereocenters. The zero-order valence-electron chi connectivity index (χ0n) is 11.4. The first kappa shape index (κ1) is 14.3. The lowest BCUT2D eigenvalue weighted by atomic mass is 10.1. The smallest absolute Gasteiger partial charge is 0.306 e. The summed E-state index contributed by atoms with van der Waals surface area (Å²) in [7, 11) is 0. The van der Waals surface area contributed by atoms with Gasteiger partial charge in [0.2, 0.25) is 5.91 Å². The SMILES string of the molecule is O=C1CC/C=C/CCC(=O)OCC(c2ccccc2)N1. The van der Waals surface area contributed by atoms with Crippen molar-refractivity contribution in [1.82, 2.24) is 5.32 Å². The standard InChI is InChI=1S/C16H19NO3/c18-15-10-6-1-2-7-11-16(19)20-12-14(17-15)13-8-4-3-5-9-13/h1-5,8-9,14H,6-7,10-12H2,(H,17,18)/b2-1+. The van der Waals surface area contributed by atoms with Crippen molar-refractivity contribution in [2.24, 2.45) is 0 Å². The van der Waals surface area contributed by atoms with Crippen LogP contribution < -0.4 is 5.32 Å². The molecule has 4 nitrogen and oxygen atoms in total. The van der Waals surface area contributed by atoms with E-state index in [9.17, 15) is 9.59 Å². The molecule has 1 heterocycles. The van der Waals surface area contributed by atoms with Gasteiger partial charge in [0.1, 0.15) is 6.61 Å². The third-order valence-electron chi connectivity index (χ3n) is 3.17. The number of carbonyl (C=O) groups excluding carboxylic acids is 2. The summed E-state index contributed by atoms with van der Waals surface area (Å²) in [6.45, 7) is 0.179. The van der Waals surface area contributed by atoms with E-state index >= 15 is 0 Å². The summed E-state index contributed by atoms with van der Waals surface area (Å²) >= 11 is 0. The maximum absolute atomic E-state index is 11.9. The topological polar surface area (TPSA) is 55.4 Å². The quantitative estimate of drug-likeness (QED) is 0.632. The van der Waals surface area contributed by atoms with Crippen LogP contribution >= 0.6 is 0 Å². The molecule has 1 amide bonds.